The first-order valence-electron chi connectivity index (χ1n) is 7.84. The molecular formula is C15H20N8S2. The molecule has 8 nitrogen and oxygen atoms in total. The topological polar surface area (TPSA) is 131 Å². The van der Waals surface area contributed by atoms with Gasteiger partial charge < -0.3 is 11.5 Å². The number of amidine groups is 2. The minimum absolute atomic E-state index is 0.278. The molecule has 2 aliphatic rings. The zero-order valence-electron chi connectivity index (χ0n) is 13.6. The molecule has 10 heteroatoms. The molecule has 5 N–H and O–H groups in total. The summed E-state index contributed by atoms with van der Waals surface area (Å²) in [5.74, 6) is 1.97. The largest absolute Gasteiger partial charge is 0.379 e. The standard InChI is InChI=1S/C9H11N3S.C6H9N5S/c10-9-12-8(6-13-9)5-7-1-3-11-4-2-7;7-6-9-5(3-12-6)1-4-2-8-11-10-4/h1-4,8H,5-6H2,(H2,10,12);2,5H,1,3H2,(H2,7,9)(H,8,10,11)/t8-;/m1./s1. The molecule has 0 bridgehead atoms. The van der Waals surface area contributed by atoms with Crippen molar-refractivity contribution in [3.63, 3.8) is 0 Å². The maximum absolute atomic E-state index is 5.58. The Morgan fingerprint density at radius 2 is 1.64 bits per heavy atom. The highest BCUT2D eigenvalue weighted by molar-refractivity contribution is 8.14. The molecule has 0 aliphatic carbocycles. The third-order valence-electron chi connectivity index (χ3n) is 3.60. The number of hydrogen-bond donors (Lipinski definition) is 3. The molecule has 0 amide bonds. The first-order chi connectivity index (χ1) is 12.2. The van der Waals surface area contributed by atoms with Crippen LogP contribution in [0, 0.1) is 0 Å². The van der Waals surface area contributed by atoms with Gasteiger partial charge in [0.1, 0.15) is 0 Å². The number of H-pyrrole nitrogens is 1. The fourth-order valence-corrected chi connectivity index (χ4v) is 4.00. The van der Waals surface area contributed by atoms with Crippen LogP contribution in [0.25, 0.3) is 0 Å². The fraction of sp³-hybridized carbons (Fsp3) is 0.400. The Bertz CT molecular complexity index is 716. The van der Waals surface area contributed by atoms with Crippen molar-refractivity contribution in [1.82, 2.24) is 20.4 Å². The number of thioether (sulfide) groups is 2. The number of pyridine rings is 1. The molecule has 4 heterocycles. The van der Waals surface area contributed by atoms with Gasteiger partial charge in [-0.3, -0.25) is 15.0 Å². The number of aliphatic imine (C=N–C) groups is 2. The number of nitrogens with zero attached hydrogens (tertiary/aromatic N) is 5. The molecule has 4 rings (SSSR count). The summed E-state index contributed by atoms with van der Waals surface area (Å²) in [5.41, 5.74) is 13.3. The quantitative estimate of drug-likeness (QED) is 0.720. The highest BCUT2D eigenvalue weighted by Crippen LogP contribution is 2.18. The average molecular weight is 377 g/mol. The third-order valence-corrected chi connectivity index (χ3v) is 5.50. The van der Waals surface area contributed by atoms with Crippen molar-refractivity contribution >= 4 is 33.9 Å². The van der Waals surface area contributed by atoms with Gasteiger partial charge in [-0.1, -0.05) is 23.5 Å². The Kier molecular flexibility index (Phi) is 6.29. The van der Waals surface area contributed by atoms with Crippen LogP contribution in [0.3, 0.4) is 0 Å². The SMILES string of the molecule is NC1=NC(Cc2cn[nH]n2)CS1.NC1=N[C@H](Cc2ccncc2)CS1. The predicted octanol–water partition coefficient (Wildman–Crippen LogP) is 0.832. The molecule has 0 saturated heterocycles. The highest BCUT2D eigenvalue weighted by Gasteiger charge is 2.17. The number of rotatable bonds is 4. The third kappa shape index (κ3) is 5.75. The van der Waals surface area contributed by atoms with Gasteiger partial charge in [0.15, 0.2) is 10.3 Å². The Balaban J connectivity index is 0.000000146. The van der Waals surface area contributed by atoms with E-state index in [1.807, 2.05) is 24.5 Å². The monoisotopic (exact) mass is 376 g/mol. The average Bonchev–Trinajstić information content (AvgIpc) is 3.34. The summed E-state index contributed by atoms with van der Waals surface area (Å²) in [6.45, 7) is 0. The molecule has 2 aliphatic heterocycles. The molecule has 0 fully saturated rings. The van der Waals surface area contributed by atoms with Crippen LogP contribution in [0.5, 0.6) is 0 Å². The second-order valence-electron chi connectivity index (χ2n) is 5.59. The molecule has 2 atom stereocenters. The lowest BCUT2D eigenvalue weighted by Gasteiger charge is -2.04. The van der Waals surface area contributed by atoms with Gasteiger partial charge in [0.2, 0.25) is 0 Å². The first-order valence-corrected chi connectivity index (χ1v) is 9.82. The summed E-state index contributed by atoms with van der Waals surface area (Å²) in [5, 5.41) is 11.6. The van der Waals surface area contributed by atoms with E-state index in [2.05, 4.69) is 30.4 Å². The smallest absolute Gasteiger partial charge is 0.154 e. The summed E-state index contributed by atoms with van der Waals surface area (Å²) in [4.78, 5) is 12.5. The second kappa shape index (κ2) is 8.86. The highest BCUT2D eigenvalue weighted by atomic mass is 32.2. The molecule has 0 radical (unpaired) electrons. The van der Waals surface area contributed by atoms with Crippen LogP contribution >= 0.6 is 23.5 Å². The van der Waals surface area contributed by atoms with Crippen LogP contribution in [0.2, 0.25) is 0 Å². The van der Waals surface area contributed by atoms with Crippen molar-refractivity contribution in [2.24, 2.45) is 21.5 Å². The summed E-state index contributed by atoms with van der Waals surface area (Å²) < 4.78 is 0. The van der Waals surface area contributed by atoms with Crippen LogP contribution in [0.4, 0.5) is 0 Å². The van der Waals surface area contributed by atoms with Crippen molar-refractivity contribution in [2.45, 2.75) is 24.9 Å². The van der Waals surface area contributed by atoms with E-state index >= 15 is 0 Å². The fourth-order valence-electron chi connectivity index (χ4n) is 2.44. The van der Waals surface area contributed by atoms with Gasteiger partial charge in [-0.15, -0.1) is 0 Å². The number of nitrogens with two attached hydrogens (primary N) is 2. The zero-order valence-corrected chi connectivity index (χ0v) is 15.2. The molecule has 1 unspecified atom stereocenters. The van der Waals surface area contributed by atoms with Gasteiger partial charge >= 0.3 is 0 Å². The minimum atomic E-state index is 0.278. The lowest BCUT2D eigenvalue weighted by molar-refractivity contribution is 0.739. The van der Waals surface area contributed by atoms with Gasteiger partial charge in [-0.05, 0) is 24.1 Å². The van der Waals surface area contributed by atoms with E-state index in [1.54, 1.807) is 29.7 Å². The van der Waals surface area contributed by atoms with E-state index in [0.717, 1.165) is 35.2 Å². The minimum Gasteiger partial charge on any atom is -0.379 e. The van der Waals surface area contributed by atoms with Crippen LogP contribution in [0.15, 0.2) is 40.7 Å². The van der Waals surface area contributed by atoms with Crippen LogP contribution in [-0.2, 0) is 12.8 Å². The van der Waals surface area contributed by atoms with E-state index in [9.17, 15) is 0 Å². The lowest BCUT2D eigenvalue weighted by Crippen LogP contribution is -2.08. The Hall–Kier alpha value is -2.07. The van der Waals surface area contributed by atoms with Crippen molar-refractivity contribution in [3.05, 3.63) is 42.0 Å². The number of hydrogen-bond acceptors (Lipinski definition) is 9. The zero-order chi connectivity index (χ0) is 17.5. The van der Waals surface area contributed by atoms with Gasteiger partial charge in [0, 0.05) is 30.3 Å². The maximum Gasteiger partial charge on any atom is 0.154 e. The molecule has 0 saturated carbocycles. The molecule has 132 valence electrons. The Labute approximate surface area is 154 Å². The first kappa shape index (κ1) is 17.7. The summed E-state index contributed by atoms with van der Waals surface area (Å²) in [7, 11) is 0. The number of nitrogens with one attached hydrogen (secondary N) is 1. The van der Waals surface area contributed by atoms with Gasteiger partial charge in [-0.25, -0.2) is 0 Å². The van der Waals surface area contributed by atoms with Crippen LogP contribution in [-0.4, -0.2) is 54.3 Å². The normalized spacial score (nSPS) is 22.1. The van der Waals surface area contributed by atoms with Crippen molar-refractivity contribution in [3.8, 4) is 0 Å². The number of aromatic nitrogens is 4. The molecule has 0 spiro atoms. The Morgan fingerprint density at radius 3 is 2.16 bits per heavy atom. The van der Waals surface area contributed by atoms with Crippen molar-refractivity contribution < 1.29 is 0 Å². The van der Waals surface area contributed by atoms with E-state index in [1.165, 1.54) is 5.56 Å². The van der Waals surface area contributed by atoms with Crippen molar-refractivity contribution in [2.75, 3.05) is 11.5 Å². The summed E-state index contributed by atoms with van der Waals surface area (Å²) in [6, 6.07) is 4.68. The second-order valence-corrected chi connectivity index (χ2v) is 7.67. The number of aromatic amines is 1. The van der Waals surface area contributed by atoms with Crippen LogP contribution < -0.4 is 11.5 Å². The van der Waals surface area contributed by atoms with E-state index in [-0.39, 0.29) is 6.04 Å². The van der Waals surface area contributed by atoms with E-state index in [0.29, 0.717) is 11.2 Å². The van der Waals surface area contributed by atoms with E-state index < -0.39 is 0 Å². The molecule has 25 heavy (non-hydrogen) atoms. The maximum atomic E-state index is 5.58. The molecule has 2 aromatic heterocycles. The predicted molar refractivity (Wildman–Crippen MR) is 104 cm³/mol. The van der Waals surface area contributed by atoms with Gasteiger partial charge in [0.25, 0.3) is 0 Å². The summed E-state index contributed by atoms with van der Waals surface area (Å²) in [6.07, 6.45) is 7.13. The summed E-state index contributed by atoms with van der Waals surface area (Å²) >= 11 is 3.23. The van der Waals surface area contributed by atoms with E-state index in [4.69, 9.17) is 11.5 Å². The van der Waals surface area contributed by atoms with Gasteiger partial charge in [-0.2, -0.15) is 15.4 Å². The lowest BCUT2D eigenvalue weighted by atomic mass is 10.1. The molecule has 0 aromatic carbocycles. The van der Waals surface area contributed by atoms with Crippen molar-refractivity contribution in [1.29, 1.82) is 0 Å². The van der Waals surface area contributed by atoms with Gasteiger partial charge in [0.05, 0.1) is 24.0 Å². The molecule has 2 aromatic rings. The molecular weight excluding hydrogens is 356 g/mol. The van der Waals surface area contributed by atoms with Crippen LogP contribution in [0.1, 0.15) is 11.3 Å². The Morgan fingerprint density at radius 1 is 1.00 bits per heavy atom.